The van der Waals surface area contributed by atoms with E-state index in [-0.39, 0.29) is 28.9 Å². The lowest BCUT2D eigenvalue weighted by atomic mass is 10.2. The smallest absolute Gasteiger partial charge is 0.280 e. The van der Waals surface area contributed by atoms with E-state index in [1.54, 1.807) is 24.3 Å². The van der Waals surface area contributed by atoms with E-state index in [0.29, 0.717) is 22.0 Å². The highest BCUT2D eigenvalue weighted by atomic mass is 35.5. The molecule has 1 amide bonds. The van der Waals surface area contributed by atoms with Gasteiger partial charge in [-0.1, -0.05) is 35.3 Å². The average Bonchev–Trinajstić information content (AvgIpc) is 3.21. The first-order chi connectivity index (χ1) is 15.4. The summed E-state index contributed by atoms with van der Waals surface area (Å²) >= 11 is 11.9. The lowest BCUT2D eigenvalue weighted by molar-refractivity contribution is 0.101. The van der Waals surface area contributed by atoms with E-state index in [4.69, 9.17) is 27.9 Å². The van der Waals surface area contributed by atoms with Gasteiger partial charge in [0.1, 0.15) is 18.2 Å². The van der Waals surface area contributed by atoms with Gasteiger partial charge >= 0.3 is 0 Å². The molecule has 0 unspecified atom stereocenters. The molecule has 0 saturated carbocycles. The number of halogens is 4. The van der Waals surface area contributed by atoms with Gasteiger partial charge in [-0.3, -0.25) is 4.79 Å². The zero-order chi connectivity index (χ0) is 22.7. The summed E-state index contributed by atoms with van der Waals surface area (Å²) in [6.45, 7) is 0.0858. The molecule has 0 fully saturated rings. The standard InChI is InChI=1S/C23H15Cl2F2N3O2/c24-19-10-7-17(11-20(19)25)28-23(31)22-21(32-13-14-1-3-15(26)4-2-14)12-30(29-22)18-8-5-16(27)6-9-18/h1-12H,13H2,(H,28,31). The van der Waals surface area contributed by atoms with Gasteiger partial charge in [0.25, 0.3) is 5.91 Å². The minimum Gasteiger partial charge on any atom is -0.485 e. The number of ether oxygens (including phenoxy) is 1. The fourth-order valence-corrected chi connectivity index (χ4v) is 3.15. The zero-order valence-electron chi connectivity index (χ0n) is 16.4. The molecule has 1 heterocycles. The topological polar surface area (TPSA) is 56.2 Å². The minimum absolute atomic E-state index is 0.00232. The fourth-order valence-electron chi connectivity index (χ4n) is 2.85. The van der Waals surface area contributed by atoms with E-state index in [9.17, 15) is 13.6 Å². The van der Waals surface area contributed by atoms with E-state index < -0.39 is 11.7 Å². The van der Waals surface area contributed by atoms with Gasteiger partial charge in [0, 0.05) is 5.69 Å². The van der Waals surface area contributed by atoms with Crippen molar-refractivity contribution in [1.29, 1.82) is 0 Å². The summed E-state index contributed by atoms with van der Waals surface area (Å²) in [5.41, 5.74) is 1.66. The third-order valence-electron chi connectivity index (χ3n) is 4.47. The Balaban J connectivity index is 1.62. The first-order valence-corrected chi connectivity index (χ1v) is 10.1. The number of amides is 1. The Morgan fingerprint density at radius 3 is 2.25 bits per heavy atom. The van der Waals surface area contributed by atoms with Crippen LogP contribution in [0.25, 0.3) is 5.69 Å². The summed E-state index contributed by atoms with van der Waals surface area (Å²) in [4.78, 5) is 12.9. The predicted octanol–water partition coefficient (Wildman–Crippen LogP) is 6.29. The maximum absolute atomic E-state index is 13.3. The molecule has 1 N–H and O–H groups in total. The summed E-state index contributed by atoms with van der Waals surface area (Å²) in [6.07, 6.45) is 1.51. The summed E-state index contributed by atoms with van der Waals surface area (Å²) in [5.74, 6) is -1.11. The Hall–Kier alpha value is -3.42. The van der Waals surface area contributed by atoms with Gasteiger partial charge < -0.3 is 10.1 Å². The van der Waals surface area contributed by atoms with Gasteiger partial charge in [-0.05, 0) is 60.2 Å². The highest BCUT2D eigenvalue weighted by Gasteiger charge is 2.20. The Morgan fingerprint density at radius 2 is 1.59 bits per heavy atom. The summed E-state index contributed by atoms with van der Waals surface area (Å²) < 4.78 is 33.6. The molecule has 5 nitrogen and oxygen atoms in total. The monoisotopic (exact) mass is 473 g/mol. The Bertz CT molecular complexity index is 1260. The number of anilines is 1. The Labute approximate surface area is 192 Å². The molecule has 4 aromatic rings. The van der Waals surface area contributed by atoms with Crippen molar-refractivity contribution in [2.75, 3.05) is 5.32 Å². The molecule has 1 aromatic heterocycles. The number of hydrogen-bond donors (Lipinski definition) is 1. The third-order valence-corrected chi connectivity index (χ3v) is 5.21. The van der Waals surface area contributed by atoms with E-state index in [1.807, 2.05) is 0 Å². The van der Waals surface area contributed by atoms with Crippen LogP contribution in [0.5, 0.6) is 5.75 Å². The van der Waals surface area contributed by atoms with Crippen molar-refractivity contribution < 1.29 is 18.3 Å². The first kappa shape index (κ1) is 21.8. The van der Waals surface area contributed by atoms with Crippen molar-refractivity contribution >= 4 is 34.8 Å². The number of hydrogen-bond acceptors (Lipinski definition) is 3. The SMILES string of the molecule is O=C(Nc1ccc(Cl)c(Cl)c1)c1nn(-c2ccc(F)cc2)cc1OCc1ccc(F)cc1. The van der Waals surface area contributed by atoms with E-state index in [0.717, 1.165) is 0 Å². The van der Waals surface area contributed by atoms with Crippen LogP contribution >= 0.6 is 23.2 Å². The minimum atomic E-state index is -0.543. The molecule has 0 spiro atoms. The van der Waals surface area contributed by atoms with Crippen molar-refractivity contribution in [2.45, 2.75) is 6.61 Å². The first-order valence-electron chi connectivity index (χ1n) is 9.38. The number of carbonyl (C=O) groups is 1. The normalized spacial score (nSPS) is 10.8. The van der Waals surface area contributed by atoms with Crippen LogP contribution in [0.15, 0.2) is 72.9 Å². The van der Waals surface area contributed by atoms with E-state index in [2.05, 4.69) is 10.4 Å². The highest BCUT2D eigenvalue weighted by Crippen LogP contribution is 2.27. The molecule has 0 saturated heterocycles. The van der Waals surface area contributed by atoms with Gasteiger partial charge in [-0.25, -0.2) is 13.5 Å². The number of nitrogens with one attached hydrogen (secondary N) is 1. The summed E-state index contributed by atoms with van der Waals surface area (Å²) in [6, 6.07) is 16.1. The molecule has 0 atom stereocenters. The van der Waals surface area contributed by atoms with Gasteiger partial charge in [0.05, 0.1) is 21.9 Å². The number of benzene rings is 3. The maximum Gasteiger partial charge on any atom is 0.280 e. The summed E-state index contributed by atoms with van der Waals surface area (Å²) in [7, 11) is 0. The van der Waals surface area contributed by atoms with Crippen molar-refractivity contribution in [2.24, 2.45) is 0 Å². The lowest BCUT2D eigenvalue weighted by Gasteiger charge is -2.08. The quantitative estimate of drug-likeness (QED) is 0.358. The molecule has 4 rings (SSSR count). The van der Waals surface area contributed by atoms with Crippen LogP contribution in [-0.2, 0) is 6.61 Å². The number of rotatable bonds is 6. The third kappa shape index (κ3) is 5.07. The van der Waals surface area contributed by atoms with Crippen LogP contribution in [0, 0.1) is 11.6 Å². The highest BCUT2D eigenvalue weighted by molar-refractivity contribution is 6.42. The van der Waals surface area contributed by atoms with Gasteiger partial charge in [-0.15, -0.1) is 0 Å². The van der Waals surface area contributed by atoms with Crippen molar-refractivity contribution in [3.8, 4) is 11.4 Å². The van der Waals surface area contributed by atoms with Crippen LogP contribution in [0.1, 0.15) is 16.1 Å². The molecule has 0 aliphatic heterocycles. The predicted molar refractivity (Wildman–Crippen MR) is 119 cm³/mol. The van der Waals surface area contributed by atoms with E-state index >= 15 is 0 Å². The second kappa shape index (κ2) is 9.38. The Kier molecular flexibility index (Phi) is 6.39. The number of nitrogens with zero attached hydrogens (tertiary/aromatic N) is 2. The molecule has 9 heteroatoms. The molecule has 0 radical (unpaired) electrons. The second-order valence-corrected chi connectivity index (χ2v) is 7.58. The molecule has 3 aromatic carbocycles. The molecule has 0 aliphatic rings. The van der Waals surface area contributed by atoms with Crippen molar-refractivity contribution in [1.82, 2.24) is 9.78 Å². The second-order valence-electron chi connectivity index (χ2n) is 6.76. The summed E-state index contributed by atoms with van der Waals surface area (Å²) in [5, 5.41) is 7.65. The largest absolute Gasteiger partial charge is 0.485 e. The van der Waals surface area contributed by atoms with Gasteiger partial charge in [-0.2, -0.15) is 5.10 Å². The van der Waals surface area contributed by atoms with Gasteiger partial charge in [0.15, 0.2) is 11.4 Å². The molecular weight excluding hydrogens is 459 g/mol. The molecule has 32 heavy (non-hydrogen) atoms. The van der Waals surface area contributed by atoms with Crippen LogP contribution in [0.4, 0.5) is 14.5 Å². The molecule has 0 aliphatic carbocycles. The number of carbonyl (C=O) groups excluding carboxylic acids is 1. The van der Waals surface area contributed by atoms with Gasteiger partial charge in [0.2, 0.25) is 0 Å². The van der Waals surface area contributed by atoms with E-state index in [1.165, 1.54) is 53.3 Å². The fraction of sp³-hybridized carbons (Fsp3) is 0.0435. The molecular formula is C23H15Cl2F2N3O2. The molecule has 0 bridgehead atoms. The maximum atomic E-state index is 13.3. The van der Waals surface area contributed by atoms with Crippen LogP contribution in [0.2, 0.25) is 10.0 Å². The van der Waals surface area contributed by atoms with Crippen LogP contribution in [0.3, 0.4) is 0 Å². The molecule has 162 valence electrons. The van der Waals surface area contributed by atoms with Crippen molar-refractivity contribution in [3.05, 3.63) is 106 Å². The average molecular weight is 474 g/mol. The zero-order valence-corrected chi connectivity index (χ0v) is 17.9. The Morgan fingerprint density at radius 1 is 0.938 bits per heavy atom. The van der Waals surface area contributed by atoms with Crippen LogP contribution in [-0.4, -0.2) is 15.7 Å². The van der Waals surface area contributed by atoms with Crippen LogP contribution < -0.4 is 10.1 Å². The van der Waals surface area contributed by atoms with Crippen molar-refractivity contribution in [3.63, 3.8) is 0 Å². The number of aromatic nitrogens is 2. The lowest BCUT2D eigenvalue weighted by Crippen LogP contribution is -2.14.